The van der Waals surface area contributed by atoms with Gasteiger partial charge in [0.25, 0.3) is 0 Å². The van der Waals surface area contributed by atoms with Gasteiger partial charge in [0.1, 0.15) is 17.9 Å². The molecule has 0 aliphatic rings. The lowest BCUT2D eigenvalue weighted by Gasteiger charge is -2.03. The van der Waals surface area contributed by atoms with E-state index in [0.29, 0.717) is 34.2 Å². The molecule has 0 N–H and O–H groups in total. The molecule has 7 heteroatoms. The maximum Gasteiger partial charge on any atom is 0.357 e. The number of nitrogens with zero attached hydrogens (tertiary/aromatic N) is 3. The maximum absolute atomic E-state index is 12.4. The van der Waals surface area contributed by atoms with Gasteiger partial charge in [-0.3, -0.25) is 4.40 Å². The summed E-state index contributed by atoms with van der Waals surface area (Å²) >= 11 is 0. The number of fused-ring (bicyclic) bond motifs is 1. The van der Waals surface area contributed by atoms with Crippen LogP contribution in [0.3, 0.4) is 0 Å². The lowest BCUT2D eigenvalue weighted by Crippen LogP contribution is -2.09. The van der Waals surface area contributed by atoms with Gasteiger partial charge in [0.05, 0.1) is 12.0 Å². The molecule has 0 spiro atoms. The molecular weight excluding hydrogens is 310 g/mol. The molecule has 0 amide bonds. The molecule has 0 fully saturated rings. The van der Waals surface area contributed by atoms with Crippen LogP contribution in [0.1, 0.15) is 21.9 Å². The molecule has 0 atom stereocenters. The third kappa shape index (κ3) is 2.45. The van der Waals surface area contributed by atoms with Crippen molar-refractivity contribution in [3.8, 4) is 11.5 Å². The maximum atomic E-state index is 12.4. The number of esters is 1. The largest absolute Gasteiger partial charge is 0.461 e. The van der Waals surface area contributed by atoms with Gasteiger partial charge >= 0.3 is 5.97 Å². The third-order valence-electron chi connectivity index (χ3n) is 3.57. The molecule has 7 nitrogen and oxygen atoms in total. The fraction of sp³-hybridized carbons (Fsp3) is 0.118. The SMILES string of the molecule is Cc1nc2ccccn2c1C(=O)OCc1cc(-c2ccco2)on1. The van der Waals surface area contributed by atoms with Crippen LogP contribution in [0, 0.1) is 6.92 Å². The number of hydrogen-bond donors (Lipinski definition) is 0. The Labute approximate surface area is 136 Å². The quantitative estimate of drug-likeness (QED) is 0.536. The normalized spacial score (nSPS) is 11.0. The highest BCUT2D eigenvalue weighted by Gasteiger charge is 2.18. The van der Waals surface area contributed by atoms with Crippen molar-refractivity contribution in [2.24, 2.45) is 0 Å². The van der Waals surface area contributed by atoms with Crippen LogP contribution in [-0.4, -0.2) is 20.5 Å². The predicted molar refractivity (Wildman–Crippen MR) is 83.3 cm³/mol. The highest BCUT2D eigenvalue weighted by molar-refractivity contribution is 5.90. The lowest BCUT2D eigenvalue weighted by molar-refractivity contribution is 0.0455. The van der Waals surface area contributed by atoms with Crippen molar-refractivity contribution in [1.29, 1.82) is 0 Å². The Bertz CT molecular complexity index is 998. The molecule has 4 heterocycles. The average molecular weight is 323 g/mol. The zero-order chi connectivity index (χ0) is 16.5. The first kappa shape index (κ1) is 14.3. The minimum absolute atomic E-state index is 0.00253. The number of aromatic nitrogens is 3. The fourth-order valence-corrected chi connectivity index (χ4v) is 2.48. The van der Waals surface area contributed by atoms with Gasteiger partial charge in [0, 0.05) is 12.3 Å². The van der Waals surface area contributed by atoms with E-state index < -0.39 is 5.97 Å². The van der Waals surface area contributed by atoms with Crippen LogP contribution in [0.15, 0.2) is 57.8 Å². The highest BCUT2D eigenvalue weighted by Crippen LogP contribution is 2.21. The molecule has 4 aromatic rings. The summed E-state index contributed by atoms with van der Waals surface area (Å²) in [7, 11) is 0. The second-order valence-corrected chi connectivity index (χ2v) is 5.21. The number of carbonyl (C=O) groups excluding carboxylic acids is 1. The first-order valence-electron chi connectivity index (χ1n) is 7.32. The highest BCUT2D eigenvalue weighted by atomic mass is 16.5. The van der Waals surface area contributed by atoms with Crippen molar-refractivity contribution >= 4 is 11.6 Å². The standard InChI is InChI=1S/C17H13N3O4/c1-11-16(20-7-3-2-6-15(20)18-11)17(21)23-10-12-9-14(24-19-12)13-5-4-8-22-13/h2-9H,10H2,1H3. The molecule has 4 aromatic heterocycles. The summed E-state index contributed by atoms with van der Waals surface area (Å²) < 4.78 is 17.4. The molecule has 120 valence electrons. The molecule has 0 aromatic carbocycles. The van der Waals surface area contributed by atoms with Gasteiger partial charge in [-0.15, -0.1) is 0 Å². The molecular formula is C17H13N3O4. The van der Waals surface area contributed by atoms with Crippen molar-refractivity contribution in [2.75, 3.05) is 0 Å². The summed E-state index contributed by atoms with van der Waals surface area (Å²) in [5.74, 6) is 0.587. The van der Waals surface area contributed by atoms with Crippen LogP contribution in [0.5, 0.6) is 0 Å². The average Bonchev–Trinajstić information content (AvgIpc) is 3.31. The van der Waals surface area contributed by atoms with E-state index in [-0.39, 0.29) is 6.61 Å². The second kappa shape index (κ2) is 5.69. The van der Waals surface area contributed by atoms with E-state index in [2.05, 4.69) is 10.1 Å². The number of hydrogen-bond acceptors (Lipinski definition) is 6. The summed E-state index contributed by atoms with van der Waals surface area (Å²) in [4.78, 5) is 16.7. The molecule has 0 saturated heterocycles. The second-order valence-electron chi connectivity index (χ2n) is 5.21. The Kier molecular flexibility index (Phi) is 3.38. The smallest absolute Gasteiger partial charge is 0.357 e. The number of aryl methyl sites for hydroxylation is 1. The molecule has 0 saturated carbocycles. The number of carbonyl (C=O) groups is 1. The number of rotatable bonds is 4. The van der Waals surface area contributed by atoms with Crippen LogP contribution >= 0.6 is 0 Å². The minimum Gasteiger partial charge on any atom is -0.461 e. The number of ether oxygens (including phenoxy) is 1. The van der Waals surface area contributed by atoms with E-state index in [1.807, 2.05) is 18.2 Å². The van der Waals surface area contributed by atoms with Crippen LogP contribution in [-0.2, 0) is 11.3 Å². The van der Waals surface area contributed by atoms with Crippen molar-refractivity contribution in [3.63, 3.8) is 0 Å². The van der Waals surface area contributed by atoms with E-state index in [0.717, 1.165) is 0 Å². The Hall–Kier alpha value is -3.35. The Morgan fingerprint density at radius 1 is 1.25 bits per heavy atom. The zero-order valence-corrected chi connectivity index (χ0v) is 12.8. The van der Waals surface area contributed by atoms with Crippen LogP contribution in [0.25, 0.3) is 17.2 Å². The first-order chi connectivity index (χ1) is 11.7. The van der Waals surface area contributed by atoms with Crippen molar-refractivity contribution in [3.05, 3.63) is 65.9 Å². The van der Waals surface area contributed by atoms with Gasteiger partial charge in [0.2, 0.25) is 5.76 Å². The number of furan rings is 1. The molecule has 0 aliphatic heterocycles. The lowest BCUT2D eigenvalue weighted by atomic mass is 10.3. The zero-order valence-electron chi connectivity index (χ0n) is 12.8. The summed E-state index contributed by atoms with van der Waals surface area (Å²) in [6.45, 7) is 1.78. The Morgan fingerprint density at radius 3 is 3.00 bits per heavy atom. The third-order valence-corrected chi connectivity index (χ3v) is 3.57. The topological polar surface area (TPSA) is 82.8 Å². The number of imidazole rings is 1. The Balaban J connectivity index is 1.51. The van der Waals surface area contributed by atoms with Crippen molar-refractivity contribution in [2.45, 2.75) is 13.5 Å². The monoisotopic (exact) mass is 323 g/mol. The van der Waals surface area contributed by atoms with Crippen LogP contribution in [0.4, 0.5) is 0 Å². The molecule has 4 rings (SSSR count). The molecule has 0 unspecified atom stereocenters. The van der Waals surface area contributed by atoms with Gasteiger partial charge in [-0.05, 0) is 31.2 Å². The summed E-state index contributed by atoms with van der Waals surface area (Å²) in [5.41, 5.74) is 2.22. The molecule has 0 radical (unpaired) electrons. The van der Waals surface area contributed by atoms with Gasteiger partial charge in [0.15, 0.2) is 11.5 Å². The van der Waals surface area contributed by atoms with Gasteiger partial charge in [-0.1, -0.05) is 11.2 Å². The van der Waals surface area contributed by atoms with Gasteiger partial charge < -0.3 is 13.7 Å². The first-order valence-corrected chi connectivity index (χ1v) is 7.32. The van der Waals surface area contributed by atoms with Crippen LogP contribution in [0.2, 0.25) is 0 Å². The Morgan fingerprint density at radius 2 is 2.17 bits per heavy atom. The molecule has 0 aliphatic carbocycles. The molecule has 0 bridgehead atoms. The summed E-state index contributed by atoms with van der Waals surface area (Å²) in [6, 6.07) is 10.7. The van der Waals surface area contributed by atoms with Crippen molar-refractivity contribution in [1.82, 2.24) is 14.5 Å². The van der Waals surface area contributed by atoms with E-state index in [1.165, 1.54) is 0 Å². The van der Waals surface area contributed by atoms with Gasteiger partial charge in [-0.25, -0.2) is 9.78 Å². The van der Waals surface area contributed by atoms with Crippen LogP contribution < -0.4 is 0 Å². The van der Waals surface area contributed by atoms with Crippen molar-refractivity contribution < 1.29 is 18.5 Å². The van der Waals surface area contributed by atoms with E-state index in [4.69, 9.17) is 13.7 Å². The van der Waals surface area contributed by atoms with Gasteiger partial charge in [-0.2, -0.15) is 0 Å². The summed E-state index contributed by atoms with van der Waals surface area (Å²) in [5, 5.41) is 3.88. The van der Waals surface area contributed by atoms with E-state index >= 15 is 0 Å². The fourth-order valence-electron chi connectivity index (χ4n) is 2.48. The number of pyridine rings is 1. The van der Waals surface area contributed by atoms with E-state index in [1.54, 1.807) is 42.0 Å². The minimum atomic E-state index is -0.464. The van der Waals surface area contributed by atoms with E-state index in [9.17, 15) is 4.79 Å². The predicted octanol–water partition coefficient (Wildman–Crippen LogP) is 3.25. The summed E-state index contributed by atoms with van der Waals surface area (Å²) in [6.07, 6.45) is 3.32. The molecule has 24 heavy (non-hydrogen) atoms.